The maximum Gasteiger partial charge on any atom is 0.197 e. The van der Waals surface area contributed by atoms with Gasteiger partial charge in [0.05, 0.1) is 11.6 Å². The number of benzene rings is 1. The second kappa shape index (κ2) is 7.13. The maximum absolute atomic E-state index is 6.40. The molecule has 5 rings (SSSR count). The SMILES string of the molecule is Cc1c([C@@H]2C[C@H]2c2cnc(-c3ncccn3)nc2)ccc(Cl)c1OCC1CC1. The lowest BCUT2D eigenvalue weighted by molar-refractivity contribution is 0.297. The fourth-order valence-corrected chi connectivity index (χ4v) is 3.96. The van der Waals surface area contributed by atoms with Gasteiger partial charge in [0, 0.05) is 24.8 Å². The van der Waals surface area contributed by atoms with Crippen LogP contribution in [-0.4, -0.2) is 26.5 Å². The van der Waals surface area contributed by atoms with Crippen LogP contribution in [0.2, 0.25) is 5.02 Å². The Bertz CT molecular complexity index is 989. The molecule has 0 N–H and O–H groups in total. The maximum atomic E-state index is 6.40. The van der Waals surface area contributed by atoms with E-state index in [-0.39, 0.29) is 0 Å². The van der Waals surface area contributed by atoms with Crippen molar-refractivity contribution in [2.75, 3.05) is 6.61 Å². The molecule has 2 aliphatic rings. The highest BCUT2D eigenvalue weighted by molar-refractivity contribution is 6.32. The average molecular weight is 393 g/mol. The number of hydrogen-bond acceptors (Lipinski definition) is 5. The van der Waals surface area contributed by atoms with E-state index in [0.29, 0.717) is 34.4 Å². The average Bonchev–Trinajstić information content (AvgIpc) is 3.64. The van der Waals surface area contributed by atoms with Crippen LogP contribution in [-0.2, 0) is 0 Å². The van der Waals surface area contributed by atoms with E-state index in [4.69, 9.17) is 16.3 Å². The molecule has 2 fully saturated rings. The highest BCUT2D eigenvalue weighted by atomic mass is 35.5. The van der Waals surface area contributed by atoms with Crippen molar-refractivity contribution in [3.8, 4) is 17.4 Å². The molecule has 6 heteroatoms. The highest BCUT2D eigenvalue weighted by Gasteiger charge is 2.41. The minimum atomic E-state index is 0.432. The summed E-state index contributed by atoms with van der Waals surface area (Å²) in [5.41, 5.74) is 3.63. The molecule has 0 radical (unpaired) electrons. The molecule has 142 valence electrons. The van der Waals surface area contributed by atoms with Gasteiger partial charge < -0.3 is 4.74 Å². The van der Waals surface area contributed by atoms with Crippen LogP contribution in [0.5, 0.6) is 5.75 Å². The minimum absolute atomic E-state index is 0.432. The molecule has 2 saturated carbocycles. The third-order valence-corrected chi connectivity index (χ3v) is 5.91. The van der Waals surface area contributed by atoms with Gasteiger partial charge in [-0.1, -0.05) is 17.7 Å². The Kier molecular flexibility index (Phi) is 4.47. The molecular formula is C22H21ClN4O. The second-order valence-electron chi connectivity index (χ2n) is 7.71. The van der Waals surface area contributed by atoms with Crippen molar-refractivity contribution in [1.82, 2.24) is 19.9 Å². The van der Waals surface area contributed by atoms with Gasteiger partial charge in [-0.2, -0.15) is 0 Å². The molecule has 2 heterocycles. The summed E-state index contributed by atoms with van der Waals surface area (Å²) in [6, 6.07) is 5.89. The summed E-state index contributed by atoms with van der Waals surface area (Å²) in [5, 5.41) is 0.703. The van der Waals surface area contributed by atoms with E-state index in [9.17, 15) is 0 Å². The third-order valence-electron chi connectivity index (χ3n) is 5.62. The first-order chi connectivity index (χ1) is 13.7. The summed E-state index contributed by atoms with van der Waals surface area (Å²) in [6.45, 7) is 2.89. The van der Waals surface area contributed by atoms with Gasteiger partial charge in [-0.3, -0.25) is 0 Å². The molecule has 2 atom stereocenters. The molecule has 0 aliphatic heterocycles. The first-order valence-corrected chi connectivity index (χ1v) is 10.1. The van der Waals surface area contributed by atoms with Gasteiger partial charge in [0.2, 0.25) is 0 Å². The number of rotatable bonds is 6. The van der Waals surface area contributed by atoms with Gasteiger partial charge >= 0.3 is 0 Å². The highest BCUT2D eigenvalue weighted by Crippen LogP contribution is 2.56. The van der Waals surface area contributed by atoms with Gasteiger partial charge in [0.15, 0.2) is 11.6 Å². The molecule has 5 nitrogen and oxygen atoms in total. The van der Waals surface area contributed by atoms with Crippen LogP contribution in [0, 0.1) is 12.8 Å². The Morgan fingerprint density at radius 1 is 1.00 bits per heavy atom. The first kappa shape index (κ1) is 17.6. The van der Waals surface area contributed by atoms with Crippen LogP contribution in [0.1, 0.15) is 47.8 Å². The standard InChI is InChI=1S/C22H21ClN4O/c1-13-16(5-6-19(23)20(13)28-12-14-3-4-14)18-9-17(18)15-10-26-22(27-11-15)21-24-7-2-8-25-21/h2,5-8,10-11,14,17-18H,3-4,9,12H2,1H3/t17-,18-/m0/s1. The molecule has 0 amide bonds. The Labute approximate surface area is 169 Å². The van der Waals surface area contributed by atoms with Crippen molar-refractivity contribution in [1.29, 1.82) is 0 Å². The van der Waals surface area contributed by atoms with E-state index < -0.39 is 0 Å². The lowest BCUT2D eigenvalue weighted by Crippen LogP contribution is -2.03. The Morgan fingerprint density at radius 3 is 2.43 bits per heavy atom. The van der Waals surface area contributed by atoms with Crippen molar-refractivity contribution < 1.29 is 4.74 Å². The van der Waals surface area contributed by atoms with Crippen molar-refractivity contribution in [3.05, 3.63) is 64.7 Å². The summed E-state index contributed by atoms with van der Waals surface area (Å²) >= 11 is 6.40. The molecule has 0 bridgehead atoms. The van der Waals surface area contributed by atoms with Crippen LogP contribution < -0.4 is 4.74 Å². The quantitative estimate of drug-likeness (QED) is 0.593. The van der Waals surface area contributed by atoms with E-state index in [1.165, 1.54) is 18.4 Å². The van der Waals surface area contributed by atoms with E-state index in [1.807, 2.05) is 18.5 Å². The van der Waals surface area contributed by atoms with Gasteiger partial charge in [-0.25, -0.2) is 19.9 Å². The zero-order valence-corrected chi connectivity index (χ0v) is 16.4. The monoisotopic (exact) mass is 392 g/mol. The Balaban J connectivity index is 1.33. The fourth-order valence-electron chi connectivity index (χ4n) is 3.71. The van der Waals surface area contributed by atoms with Crippen LogP contribution in [0.25, 0.3) is 11.6 Å². The van der Waals surface area contributed by atoms with Crippen molar-refractivity contribution in [2.45, 2.75) is 38.0 Å². The second-order valence-corrected chi connectivity index (χ2v) is 8.11. The van der Waals surface area contributed by atoms with Crippen molar-refractivity contribution >= 4 is 11.6 Å². The molecular weight excluding hydrogens is 372 g/mol. The molecule has 0 unspecified atom stereocenters. The molecule has 2 aliphatic carbocycles. The number of hydrogen-bond donors (Lipinski definition) is 0. The predicted molar refractivity (Wildman–Crippen MR) is 108 cm³/mol. The van der Waals surface area contributed by atoms with Crippen molar-refractivity contribution in [3.63, 3.8) is 0 Å². The summed E-state index contributed by atoms with van der Waals surface area (Å²) in [4.78, 5) is 17.3. The number of aromatic nitrogens is 4. The van der Waals surface area contributed by atoms with Crippen LogP contribution in [0.3, 0.4) is 0 Å². The van der Waals surface area contributed by atoms with Crippen LogP contribution in [0.15, 0.2) is 43.0 Å². The normalized spacial score (nSPS) is 20.8. The van der Waals surface area contributed by atoms with Gasteiger partial charge in [-0.15, -0.1) is 0 Å². The molecule has 28 heavy (non-hydrogen) atoms. The predicted octanol–water partition coefficient (Wildman–Crippen LogP) is 4.96. The van der Waals surface area contributed by atoms with E-state index >= 15 is 0 Å². The minimum Gasteiger partial charge on any atom is -0.491 e. The molecule has 0 spiro atoms. The Hall–Kier alpha value is -2.53. The van der Waals surface area contributed by atoms with Crippen LogP contribution in [0.4, 0.5) is 0 Å². The fraction of sp³-hybridized carbons (Fsp3) is 0.364. The number of ether oxygens (including phenoxy) is 1. The van der Waals surface area contributed by atoms with Gasteiger partial charge in [0.25, 0.3) is 0 Å². The first-order valence-electron chi connectivity index (χ1n) is 9.72. The number of nitrogens with zero attached hydrogens (tertiary/aromatic N) is 4. The summed E-state index contributed by atoms with van der Waals surface area (Å²) < 4.78 is 6.05. The molecule has 0 saturated heterocycles. The smallest absolute Gasteiger partial charge is 0.197 e. The van der Waals surface area contributed by atoms with Crippen molar-refractivity contribution in [2.24, 2.45) is 5.92 Å². The van der Waals surface area contributed by atoms with Crippen LogP contribution >= 0.6 is 11.6 Å². The summed E-state index contributed by atoms with van der Waals surface area (Å²) in [7, 11) is 0. The van der Waals surface area contributed by atoms with Gasteiger partial charge in [0.1, 0.15) is 5.75 Å². The van der Waals surface area contributed by atoms with E-state index in [2.05, 4.69) is 32.9 Å². The zero-order chi connectivity index (χ0) is 19.1. The lowest BCUT2D eigenvalue weighted by Gasteiger charge is -2.14. The molecule has 1 aromatic carbocycles. The zero-order valence-electron chi connectivity index (χ0n) is 15.7. The molecule has 3 aromatic rings. The largest absolute Gasteiger partial charge is 0.491 e. The summed E-state index contributed by atoms with van der Waals surface area (Å²) in [5.74, 6) is 3.55. The Morgan fingerprint density at radius 2 is 1.71 bits per heavy atom. The third kappa shape index (κ3) is 3.47. The lowest BCUT2D eigenvalue weighted by atomic mass is 10.0. The summed E-state index contributed by atoms with van der Waals surface area (Å²) in [6.07, 6.45) is 10.8. The van der Waals surface area contributed by atoms with E-state index in [1.54, 1.807) is 18.5 Å². The number of halogens is 1. The van der Waals surface area contributed by atoms with E-state index in [0.717, 1.165) is 29.9 Å². The van der Waals surface area contributed by atoms with Gasteiger partial charge in [-0.05, 0) is 72.8 Å². The topological polar surface area (TPSA) is 60.8 Å². The molecule has 2 aromatic heterocycles.